The van der Waals surface area contributed by atoms with Crippen molar-refractivity contribution in [2.45, 2.75) is 84.4 Å². The van der Waals surface area contributed by atoms with Crippen molar-refractivity contribution >= 4 is 10.0 Å². The van der Waals surface area contributed by atoms with Gasteiger partial charge in [-0.25, -0.2) is 8.42 Å². The van der Waals surface area contributed by atoms with E-state index >= 15 is 0 Å². The van der Waals surface area contributed by atoms with E-state index in [2.05, 4.69) is 6.58 Å². The maximum absolute atomic E-state index is 14.8. The smallest absolute Gasteiger partial charge is 0.393 e. The minimum atomic E-state index is -8.79. The molecule has 0 saturated heterocycles. The fourth-order valence-electron chi connectivity index (χ4n) is 4.32. The summed E-state index contributed by atoms with van der Waals surface area (Å²) in [6.45, 7) is 0.306. The molecule has 1 N–H and O–H groups in total. The van der Waals surface area contributed by atoms with Crippen LogP contribution in [0.1, 0.15) is 12.0 Å². The van der Waals surface area contributed by atoms with Gasteiger partial charge in [0.05, 0.1) is 18.1 Å². The van der Waals surface area contributed by atoms with E-state index in [-0.39, 0.29) is 4.31 Å². The summed E-state index contributed by atoms with van der Waals surface area (Å²) in [5, 5.41) is 9.20. The van der Waals surface area contributed by atoms with Crippen molar-refractivity contribution in [3.05, 3.63) is 54.1 Å². The lowest BCUT2D eigenvalue weighted by Gasteiger charge is -2.43. The zero-order valence-corrected chi connectivity index (χ0v) is 27.5. The molecule has 306 valence electrons. The summed E-state index contributed by atoms with van der Waals surface area (Å²) < 4.78 is 276. The Bertz CT molecular complexity index is 1570. The first kappa shape index (κ1) is 46.4. The van der Waals surface area contributed by atoms with E-state index in [0.29, 0.717) is 5.56 Å². The summed E-state index contributed by atoms with van der Waals surface area (Å²) in [6.07, 6.45) is -11.5. The predicted octanol–water partition coefficient (Wildman–Crippen LogP) is 7.25. The molecule has 2 rings (SSSR count). The largest absolute Gasteiger partial charge is 0.460 e. The lowest BCUT2D eigenvalue weighted by Crippen LogP contribution is -2.74. The third-order valence-electron chi connectivity index (χ3n) is 7.51. The summed E-state index contributed by atoms with van der Waals surface area (Å²) in [4.78, 5) is -0.783. The van der Waals surface area contributed by atoms with Crippen LogP contribution in [0.25, 0.3) is 0 Å². The van der Waals surface area contributed by atoms with Crippen molar-refractivity contribution in [3.8, 4) is 0 Å². The molecule has 0 spiro atoms. The molecule has 0 bridgehead atoms. The molecule has 25 heteroatoms. The highest BCUT2D eigenvalue weighted by Crippen LogP contribution is 2.64. The minimum absolute atomic E-state index is 0.168. The first-order valence-electron chi connectivity index (χ1n) is 14.2. The Kier molecular flexibility index (Phi) is 13.5. The summed E-state index contributed by atoms with van der Waals surface area (Å²) in [5.74, 6) is -57.8. The molecule has 1 heterocycles. The molecule has 1 aliphatic heterocycles. The Morgan fingerprint density at radius 2 is 1.26 bits per heavy atom. The maximum Gasteiger partial charge on any atom is 0.460 e. The molecule has 3 atom stereocenters. The quantitative estimate of drug-likeness (QED) is 0.124. The third-order valence-corrected chi connectivity index (χ3v) is 9.37. The molecular formula is C28H28F17NO6S. The van der Waals surface area contributed by atoms with Crippen molar-refractivity contribution in [1.82, 2.24) is 4.31 Å². The van der Waals surface area contributed by atoms with E-state index in [1.54, 1.807) is 0 Å². The summed E-state index contributed by atoms with van der Waals surface area (Å²) in [7, 11) is -4.05. The minimum Gasteiger partial charge on any atom is -0.393 e. The van der Waals surface area contributed by atoms with Crippen LogP contribution in [0.5, 0.6) is 0 Å². The van der Waals surface area contributed by atoms with Crippen LogP contribution in [-0.2, 0) is 24.2 Å². The molecule has 53 heavy (non-hydrogen) atoms. The van der Waals surface area contributed by atoms with Gasteiger partial charge in [0.15, 0.2) is 6.29 Å². The number of sulfonamides is 1. The number of methoxy groups -OCH3 is 1. The van der Waals surface area contributed by atoms with E-state index in [0.717, 1.165) is 31.4 Å². The van der Waals surface area contributed by atoms with Crippen LogP contribution >= 0.6 is 0 Å². The van der Waals surface area contributed by atoms with Crippen LogP contribution < -0.4 is 0 Å². The SMILES string of the molecule is C=C(CO[C@@H]1C=C[C@@H](CO)O[C@@H]1OC)CN(CCC(F)(F)C(F)(F)C(F)(F)C(F)(F)C(F)(F)C(F)(F)C(F)(F)C(F)(F)F)S(=O)(=O)c1ccc(C)cc1. The number of hydrogen-bond donors (Lipinski definition) is 1. The maximum atomic E-state index is 14.8. The van der Waals surface area contributed by atoms with Gasteiger partial charge in [-0.1, -0.05) is 36.4 Å². The molecule has 0 aromatic heterocycles. The van der Waals surface area contributed by atoms with Gasteiger partial charge in [0, 0.05) is 26.6 Å². The normalized spacial score (nSPS) is 20.3. The van der Waals surface area contributed by atoms with Gasteiger partial charge >= 0.3 is 47.6 Å². The van der Waals surface area contributed by atoms with Crippen molar-refractivity contribution in [3.63, 3.8) is 0 Å². The number of aliphatic hydroxyl groups is 1. The molecule has 1 aromatic carbocycles. The number of nitrogens with zero attached hydrogens (tertiary/aromatic N) is 1. The average Bonchev–Trinajstić information content (AvgIpc) is 3.04. The molecule has 7 nitrogen and oxygen atoms in total. The van der Waals surface area contributed by atoms with Gasteiger partial charge in [-0.15, -0.1) is 0 Å². The predicted molar refractivity (Wildman–Crippen MR) is 146 cm³/mol. The number of aliphatic hydroxyl groups excluding tert-OH is 1. The molecule has 0 fully saturated rings. The van der Waals surface area contributed by atoms with Crippen LogP contribution in [0.4, 0.5) is 74.6 Å². The van der Waals surface area contributed by atoms with E-state index in [1.807, 2.05) is 0 Å². The van der Waals surface area contributed by atoms with Crippen LogP contribution in [0.3, 0.4) is 0 Å². The molecule has 1 aliphatic rings. The molecular weight excluding hydrogens is 801 g/mol. The van der Waals surface area contributed by atoms with Gasteiger partial charge in [0.25, 0.3) is 0 Å². The number of rotatable bonds is 18. The number of benzene rings is 1. The summed E-state index contributed by atoms with van der Waals surface area (Å²) >= 11 is 0. The number of ether oxygens (including phenoxy) is 3. The Hall–Kier alpha value is -2.74. The number of hydrogen-bond acceptors (Lipinski definition) is 6. The van der Waals surface area contributed by atoms with Gasteiger partial charge in [-0.3, -0.25) is 0 Å². The zero-order valence-electron chi connectivity index (χ0n) is 26.7. The van der Waals surface area contributed by atoms with Gasteiger partial charge in [0.2, 0.25) is 10.0 Å². The Labute approximate surface area is 289 Å². The lowest BCUT2D eigenvalue weighted by atomic mass is 9.88. The highest BCUT2D eigenvalue weighted by Gasteiger charge is 2.95. The van der Waals surface area contributed by atoms with Crippen molar-refractivity contribution in [1.29, 1.82) is 0 Å². The Balaban J connectivity index is 2.47. The van der Waals surface area contributed by atoms with Crippen LogP contribution in [-0.4, -0.2) is 117 Å². The third kappa shape index (κ3) is 8.43. The number of halogens is 17. The standard InChI is InChI=1S/C28H28F17NO6S/c1-15-4-7-18(8-5-15)53(48,49)46(12-16(2)14-51-19-9-6-17(13-47)52-20(19)50-3)11-10-21(29,30)22(31,32)23(33,34)24(35,36)25(37,38)26(39,40)27(41,42)28(43,44)45/h4-9,17,19-20,47H,2,10-14H2,1,3H3/t17-,19+,20-/m0/s1. The summed E-state index contributed by atoms with van der Waals surface area (Å²) in [6, 6.07) is 3.93. The lowest BCUT2D eigenvalue weighted by molar-refractivity contribution is -0.461. The van der Waals surface area contributed by atoms with E-state index in [9.17, 15) is 88.2 Å². The first-order valence-corrected chi connectivity index (χ1v) is 15.7. The Morgan fingerprint density at radius 1 is 0.792 bits per heavy atom. The second kappa shape index (κ2) is 15.4. The van der Waals surface area contributed by atoms with E-state index < -0.39 is 119 Å². The highest BCUT2D eigenvalue weighted by molar-refractivity contribution is 7.89. The van der Waals surface area contributed by atoms with Gasteiger partial charge in [0.1, 0.15) is 12.2 Å². The molecule has 0 saturated carbocycles. The van der Waals surface area contributed by atoms with Crippen LogP contribution in [0.15, 0.2) is 53.5 Å². The monoisotopic (exact) mass is 829 g/mol. The molecule has 0 amide bonds. The molecule has 0 unspecified atom stereocenters. The van der Waals surface area contributed by atoms with Crippen molar-refractivity contribution in [2.24, 2.45) is 0 Å². The highest BCUT2D eigenvalue weighted by atomic mass is 32.2. The number of aryl methyl sites for hydroxylation is 1. The van der Waals surface area contributed by atoms with Gasteiger partial charge < -0.3 is 19.3 Å². The molecule has 0 radical (unpaired) electrons. The Morgan fingerprint density at radius 3 is 1.72 bits per heavy atom. The van der Waals surface area contributed by atoms with Gasteiger partial charge in [-0.05, 0) is 24.6 Å². The molecule has 1 aromatic rings. The second-order valence-electron chi connectivity index (χ2n) is 11.4. The van der Waals surface area contributed by atoms with Crippen LogP contribution in [0, 0.1) is 6.92 Å². The van der Waals surface area contributed by atoms with E-state index in [4.69, 9.17) is 14.2 Å². The van der Waals surface area contributed by atoms with Crippen molar-refractivity contribution < 1.29 is 102 Å². The first-order chi connectivity index (χ1) is 23.7. The fraction of sp³-hybridized carbons (Fsp3) is 0.643. The van der Waals surface area contributed by atoms with Crippen LogP contribution in [0.2, 0.25) is 0 Å². The topological polar surface area (TPSA) is 85.3 Å². The van der Waals surface area contributed by atoms with E-state index in [1.165, 1.54) is 19.1 Å². The van der Waals surface area contributed by atoms with Gasteiger partial charge in [-0.2, -0.15) is 78.9 Å². The zero-order chi connectivity index (χ0) is 41.4. The van der Waals surface area contributed by atoms with Crippen molar-refractivity contribution in [2.75, 3.05) is 33.4 Å². The summed E-state index contributed by atoms with van der Waals surface area (Å²) in [5.41, 5.74) is -0.0236. The number of alkyl halides is 17. The molecule has 0 aliphatic carbocycles. The second-order valence-corrected chi connectivity index (χ2v) is 13.4. The fourth-order valence-corrected chi connectivity index (χ4v) is 5.78. The average molecular weight is 830 g/mol.